The van der Waals surface area contributed by atoms with Crippen LogP contribution in [0.4, 0.5) is 10.1 Å². The maximum Gasteiger partial charge on any atom is 0.251 e. The third-order valence-corrected chi connectivity index (χ3v) is 7.30. The second-order valence-electron chi connectivity index (χ2n) is 9.95. The summed E-state index contributed by atoms with van der Waals surface area (Å²) >= 11 is 6.31. The average molecular weight is 570 g/mol. The van der Waals surface area contributed by atoms with Crippen LogP contribution in [0.15, 0.2) is 53.5 Å². The number of ether oxygens (including phenoxy) is 3. The highest BCUT2D eigenvalue weighted by Crippen LogP contribution is 2.33. The van der Waals surface area contributed by atoms with Gasteiger partial charge in [-0.2, -0.15) is 0 Å². The first kappa shape index (κ1) is 28.0. The summed E-state index contributed by atoms with van der Waals surface area (Å²) in [5.41, 5.74) is 7.83. The molecular weight excluding hydrogens is 541 g/mol. The lowest BCUT2D eigenvalue weighted by Gasteiger charge is -2.29. The van der Waals surface area contributed by atoms with Gasteiger partial charge in [-0.15, -0.1) is 0 Å². The van der Waals surface area contributed by atoms with Gasteiger partial charge >= 0.3 is 0 Å². The standard InChI is InChI=1S/C29H29ClFN3O6/c1-16-8-17-2-3-19(30)9-23(17)24-12-27(35)34(13-18(24)14-40-16)26(11-21-15-38-6-7-39-21)29(37)33-20-4-5-22(28(32)36)25(31)10-20/h2-5,9-10,12-13,16,21,26H,6-8,11,14-15H2,1H3,(H2,32,36)(H,33,37)/t16?,21-,26?/m1/s1. The number of benzene rings is 2. The molecule has 2 aliphatic heterocycles. The van der Waals surface area contributed by atoms with Crippen molar-refractivity contribution in [2.75, 3.05) is 25.1 Å². The van der Waals surface area contributed by atoms with Crippen LogP contribution in [0, 0.1) is 5.82 Å². The highest BCUT2D eigenvalue weighted by Gasteiger charge is 2.29. The largest absolute Gasteiger partial charge is 0.376 e. The maximum absolute atomic E-state index is 14.4. The van der Waals surface area contributed by atoms with E-state index in [1.807, 2.05) is 19.1 Å². The number of amides is 2. The zero-order chi connectivity index (χ0) is 28.4. The molecular formula is C29H29ClFN3O6. The topological polar surface area (TPSA) is 122 Å². The summed E-state index contributed by atoms with van der Waals surface area (Å²) in [4.78, 5) is 38.6. The molecule has 0 bridgehead atoms. The van der Waals surface area contributed by atoms with Gasteiger partial charge in [-0.25, -0.2) is 4.39 Å². The van der Waals surface area contributed by atoms with Crippen LogP contribution >= 0.6 is 11.6 Å². The number of primary amides is 1. The number of halogens is 2. The van der Waals surface area contributed by atoms with E-state index in [2.05, 4.69) is 5.32 Å². The normalized spacial score (nSPS) is 19.5. The van der Waals surface area contributed by atoms with Crippen molar-refractivity contribution in [3.05, 3.63) is 86.5 Å². The van der Waals surface area contributed by atoms with Crippen LogP contribution < -0.4 is 16.6 Å². The number of hydrogen-bond donors (Lipinski definition) is 2. The predicted molar refractivity (Wildman–Crippen MR) is 147 cm³/mol. The van der Waals surface area contributed by atoms with Crippen LogP contribution in [0.3, 0.4) is 0 Å². The molecule has 3 atom stereocenters. The van der Waals surface area contributed by atoms with Gasteiger partial charge in [0.25, 0.3) is 11.5 Å². The van der Waals surface area contributed by atoms with E-state index in [1.54, 1.807) is 12.3 Å². The van der Waals surface area contributed by atoms with Gasteiger partial charge in [-0.1, -0.05) is 17.7 Å². The van der Waals surface area contributed by atoms with Crippen LogP contribution in [0.25, 0.3) is 11.1 Å². The van der Waals surface area contributed by atoms with Crippen LogP contribution in [-0.2, 0) is 32.0 Å². The van der Waals surface area contributed by atoms with Gasteiger partial charge in [-0.05, 0) is 60.4 Å². The van der Waals surface area contributed by atoms with Gasteiger partial charge in [0.1, 0.15) is 11.9 Å². The molecule has 1 fully saturated rings. The summed E-state index contributed by atoms with van der Waals surface area (Å²) < 4.78 is 33.1. The molecule has 1 saturated heterocycles. The minimum absolute atomic E-state index is 0.0846. The van der Waals surface area contributed by atoms with Crippen LogP contribution in [-0.4, -0.2) is 48.4 Å². The zero-order valence-corrected chi connectivity index (χ0v) is 22.6. The average Bonchev–Trinajstić information content (AvgIpc) is 2.91. The zero-order valence-electron chi connectivity index (χ0n) is 21.8. The Morgan fingerprint density at radius 3 is 2.65 bits per heavy atom. The number of nitrogens with two attached hydrogens (primary N) is 1. The second kappa shape index (κ2) is 11.9. The first-order valence-electron chi connectivity index (χ1n) is 12.9. The molecule has 0 radical (unpaired) electrons. The Morgan fingerprint density at radius 2 is 1.93 bits per heavy atom. The summed E-state index contributed by atoms with van der Waals surface area (Å²) in [6, 6.07) is 9.61. The summed E-state index contributed by atoms with van der Waals surface area (Å²) in [7, 11) is 0. The molecule has 9 nitrogen and oxygen atoms in total. The molecule has 3 aromatic rings. The van der Waals surface area contributed by atoms with E-state index in [1.165, 1.54) is 22.8 Å². The Balaban J connectivity index is 1.54. The van der Waals surface area contributed by atoms with E-state index < -0.39 is 35.3 Å². The Kier molecular flexibility index (Phi) is 8.32. The molecule has 40 heavy (non-hydrogen) atoms. The number of nitrogens with one attached hydrogen (secondary N) is 1. The summed E-state index contributed by atoms with van der Waals surface area (Å²) in [6.45, 7) is 3.26. The van der Waals surface area contributed by atoms with Crippen molar-refractivity contribution in [3.63, 3.8) is 0 Å². The Bertz CT molecular complexity index is 1500. The number of rotatable bonds is 6. The lowest BCUT2D eigenvalue weighted by Crippen LogP contribution is -2.39. The number of carbonyl (C=O) groups excluding carboxylic acids is 2. The lowest BCUT2D eigenvalue weighted by molar-refractivity contribution is -0.124. The molecule has 0 saturated carbocycles. The molecule has 2 amide bonds. The van der Waals surface area contributed by atoms with Crippen molar-refractivity contribution >= 4 is 29.1 Å². The molecule has 210 valence electrons. The molecule has 3 heterocycles. The van der Waals surface area contributed by atoms with Gasteiger partial charge in [0, 0.05) is 35.0 Å². The van der Waals surface area contributed by atoms with E-state index in [4.69, 9.17) is 31.5 Å². The van der Waals surface area contributed by atoms with Crippen molar-refractivity contribution in [1.82, 2.24) is 4.57 Å². The van der Waals surface area contributed by atoms with Gasteiger partial charge in [0.15, 0.2) is 0 Å². The molecule has 5 rings (SSSR count). The highest BCUT2D eigenvalue weighted by atomic mass is 35.5. The van der Waals surface area contributed by atoms with Crippen molar-refractivity contribution in [2.45, 2.75) is 44.6 Å². The lowest BCUT2D eigenvalue weighted by atomic mass is 9.92. The molecule has 3 N–H and O–H groups in total. The number of carbonyl (C=O) groups is 2. The fourth-order valence-electron chi connectivity index (χ4n) is 5.07. The fraction of sp³-hybridized carbons (Fsp3) is 0.345. The Morgan fingerprint density at radius 1 is 1.12 bits per heavy atom. The Labute approximate surface area is 235 Å². The summed E-state index contributed by atoms with van der Waals surface area (Å²) in [5.74, 6) is -2.35. The monoisotopic (exact) mass is 569 g/mol. The number of fused-ring (bicyclic) bond motifs is 3. The Hall–Kier alpha value is -3.57. The van der Waals surface area contributed by atoms with E-state index in [0.717, 1.165) is 17.2 Å². The number of anilines is 1. The van der Waals surface area contributed by atoms with Gasteiger partial charge < -0.3 is 29.8 Å². The van der Waals surface area contributed by atoms with Crippen LogP contribution in [0.5, 0.6) is 0 Å². The van der Waals surface area contributed by atoms with Gasteiger partial charge in [-0.3, -0.25) is 14.4 Å². The first-order valence-corrected chi connectivity index (χ1v) is 13.3. The van der Waals surface area contributed by atoms with Crippen LogP contribution in [0.2, 0.25) is 5.02 Å². The number of pyridine rings is 1. The van der Waals surface area contributed by atoms with E-state index >= 15 is 0 Å². The summed E-state index contributed by atoms with van der Waals surface area (Å²) in [5, 5.41) is 3.21. The van der Waals surface area contributed by atoms with Gasteiger partial charge in [0.05, 0.1) is 44.2 Å². The maximum atomic E-state index is 14.4. The smallest absolute Gasteiger partial charge is 0.251 e. The number of nitrogens with zero attached hydrogens (tertiary/aromatic N) is 1. The molecule has 2 aliphatic rings. The van der Waals surface area contributed by atoms with Crippen molar-refractivity contribution in [3.8, 4) is 11.1 Å². The fourth-order valence-corrected chi connectivity index (χ4v) is 5.24. The SMILES string of the molecule is CC1Cc2ccc(Cl)cc2-c2cc(=O)n(C(C[C@@H]3COCCO3)C(=O)Nc3ccc(C(N)=O)c(F)c3)cc2CO1. The highest BCUT2D eigenvalue weighted by molar-refractivity contribution is 6.30. The van der Waals surface area contributed by atoms with E-state index in [0.29, 0.717) is 35.8 Å². The van der Waals surface area contributed by atoms with Crippen molar-refractivity contribution < 1.29 is 28.2 Å². The first-order chi connectivity index (χ1) is 19.2. The molecule has 11 heteroatoms. The molecule has 0 aliphatic carbocycles. The number of aromatic nitrogens is 1. The minimum Gasteiger partial charge on any atom is -0.376 e. The quantitative estimate of drug-likeness (QED) is 0.465. The predicted octanol–water partition coefficient (Wildman–Crippen LogP) is 3.85. The molecule has 0 spiro atoms. The van der Waals surface area contributed by atoms with Crippen molar-refractivity contribution in [2.24, 2.45) is 5.73 Å². The molecule has 2 aromatic carbocycles. The minimum atomic E-state index is -1.02. The second-order valence-corrected chi connectivity index (χ2v) is 10.4. The molecule has 1 aromatic heterocycles. The number of hydrogen-bond acceptors (Lipinski definition) is 6. The van der Waals surface area contributed by atoms with E-state index in [-0.39, 0.29) is 37.0 Å². The van der Waals surface area contributed by atoms with E-state index in [9.17, 15) is 18.8 Å². The third-order valence-electron chi connectivity index (χ3n) is 7.07. The third kappa shape index (κ3) is 6.10. The summed E-state index contributed by atoms with van der Waals surface area (Å²) in [6.07, 6.45) is 1.89. The van der Waals surface area contributed by atoms with Gasteiger partial charge in [0.2, 0.25) is 5.91 Å². The molecule has 2 unspecified atom stereocenters. The van der Waals surface area contributed by atoms with Crippen LogP contribution in [0.1, 0.15) is 40.9 Å². The van der Waals surface area contributed by atoms with Crippen molar-refractivity contribution in [1.29, 1.82) is 0 Å².